The van der Waals surface area contributed by atoms with Gasteiger partial charge < -0.3 is 21.1 Å². The van der Waals surface area contributed by atoms with Crippen LogP contribution in [0.3, 0.4) is 0 Å². The first-order valence-electron chi connectivity index (χ1n) is 13.1. The Morgan fingerprint density at radius 3 is 2.24 bits per heavy atom. The van der Waals surface area contributed by atoms with Crippen LogP contribution >= 0.6 is 0 Å². The molecule has 0 atom stereocenters. The summed E-state index contributed by atoms with van der Waals surface area (Å²) in [6.07, 6.45) is 1.05. The van der Waals surface area contributed by atoms with E-state index in [0.29, 0.717) is 23.5 Å². The highest BCUT2D eigenvalue weighted by Gasteiger charge is 2.32. The zero-order valence-electron chi connectivity index (χ0n) is 25.1. The molecule has 0 aromatic heterocycles. The maximum atomic E-state index is 13.5. The van der Waals surface area contributed by atoms with E-state index in [2.05, 4.69) is 20.8 Å². The molecule has 0 saturated carbocycles. The molecule has 0 spiro atoms. The lowest BCUT2D eigenvalue weighted by atomic mass is 9.86. The molecule has 0 bridgehead atoms. The summed E-state index contributed by atoms with van der Waals surface area (Å²) < 4.78 is 32.1. The molecule has 0 saturated heterocycles. The van der Waals surface area contributed by atoms with Crippen LogP contribution in [0.2, 0.25) is 0 Å². The lowest BCUT2D eigenvalue weighted by Crippen LogP contribution is -2.98. The van der Waals surface area contributed by atoms with Gasteiger partial charge >= 0.3 is 0 Å². The average Bonchev–Trinajstić information content (AvgIpc) is 3.21. The first-order chi connectivity index (χ1) is 18.8. The van der Waals surface area contributed by atoms with E-state index < -0.39 is 15.9 Å². The van der Waals surface area contributed by atoms with Crippen LogP contribution < -0.4 is 41.8 Å². The molecule has 1 aliphatic heterocycles. The van der Waals surface area contributed by atoms with Crippen molar-refractivity contribution >= 4 is 38.9 Å². The van der Waals surface area contributed by atoms with E-state index in [9.17, 15) is 18.0 Å². The number of nitrogens with one attached hydrogen (secondary N) is 4. The van der Waals surface area contributed by atoms with E-state index in [1.807, 2.05) is 48.5 Å². The van der Waals surface area contributed by atoms with Crippen molar-refractivity contribution in [3.05, 3.63) is 58.5 Å². The van der Waals surface area contributed by atoms with Crippen LogP contribution in [-0.4, -0.2) is 40.1 Å². The monoisotopic (exact) mass is 588 g/mol. The Kier molecular flexibility index (Phi) is 8.84. The molecule has 1 aliphatic rings. The third-order valence-corrected chi connectivity index (χ3v) is 6.88. The first-order valence-corrected chi connectivity index (χ1v) is 15.0. The van der Waals surface area contributed by atoms with Crippen LogP contribution in [0.25, 0.3) is 0 Å². The molecular formula is C28H42N7O5S+. The van der Waals surface area contributed by atoms with Gasteiger partial charge in [-0.15, -0.1) is 5.53 Å². The van der Waals surface area contributed by atoms with E-state index in [1.165, 1.54) is 7.11 Å². The van der Waals surface area contributed by atoms with Gasteiger partial charge in [0.1, 0.15) is 5.69 Å². The minimum absolute atomic E-state index is 0.0953. The van der Waals surface area contributed by atoms with Gasteiger partial charge in [-0.25, -0.2) is 13.8 Å². The van der Waals surface area contributed by atoms with Crippen LogP contribution in [0, 0.1) is 12.3 Å². The number of carbonyl (C=O) groups excluding carboxylic acids is 2. The number of rotatable bonds is 8. The van der Waals surface area contributed by atoms with E-state index in [1.54, 1.807) is 40.9 Å². The lowest BCUT2D eigenvalue weighted by molar-refractivity contribution is -0.701. The second-order valence-electron chi connectivity index (χ2n) is 12.3. The fraction of sp³-hybridized carbons (Fsp3) is 0.429. The van der Waals surface area contributed by atoms with Gasteiger partial charge in [0.2, 0.25) is 10.0 Å². The number of sulfonamides is 1. The highest BCUT2D eigenvalue weighted by Crippen LogP contribution is 2.39. The zero-order chi connectivity index (χ0) is 30.9. The lowest BCUT2D eigenvalue weighted by Gasteiger charge is -2.24. The SMILES string of the molecule is COc1c(NC(=O)c2ccc(C)c(N3[NH2+]NC(C(=O)NCC(C)(C)C)=C3N)c2)cc(C(C)(C)C)cc1NS(C)(=O)=O. The Bertz CT molecular complexity index is 1490. The second-order valence-corrected chi connectivity index (χ2v) is 14.1. The fourth-order valence-electron chi connectivity index (χ4n) is 4.06. The summed E-state index contributed by atoms with van der Waals surface area (Å²) in [7, 11) is -2.22. The number of benzene rings is 2. The standard InChI is InChI=1S/C28H41N7O5S/c1-16-10-11-17(12-21(16)35-24(29)22(32-34-35)26(37)30-15-27(2,3)4)25(36)31-19-13-18(28(5,6)7)14-20(23(19)40-8)33-41(9,38)39/h10-14,32-34H,15,29H2,1-9H3,(H,30,37)(H,31,36)/p+1. The molecule has 8 N–H and O–H groups in total. The van der Waals surface area contributed by atoms with Gasteiger partial charge in [0.05, 0.1) is 24.7 Å². The van der Waals surface area contributed by atoms with Crippen LogP contribution in [-0.2, 0) is 20.2 Å². The van der Waals surface area contributed by atoms with Crippen molar-refractivity contribution in [2.75, 3.05) is 35.0 Å². The number of hydrogen-bond acceptors (Lipinski definition) is 8. The van der Waals surface area contributed by atoms with Crippen LogP contribution in [0.15, 0.2) is 41.8 Å². The first kappa shape index (κ1) is 31.6. The minimum atomic E-state index is -3.62. The summed E-state index contributed by atoms with van der Waals surface area (Å²) in [5.74, 6) is -0.391. The highest BCUT2D eigenvalue weighted by atomic mass is 32.2. The molecule has 224 valence electrons. The predicted octanol–water partition coefficient (Wildman–Crippen LogP) is 2.02. The second kappa shape index (κ2) is 11.5. The molecule has 0 radical (unpaired) electrons. The third-order valence-electron chi connectivity index (χ3n) is 6.29. The number of quaternary nitrogens is 1. The van der Waals surface area contributed by atoms with Gasteiger partial charge in [-0.05, 0) is 53.1 Å². The normalized spacial score (nSPS) is 14.0. The molecular weight excluding hydrogens is 546 g/mol. The minimum Gasteiger partial charge on any atom is -0.492 e. The van der Waals surface area contributed by atoms with E-state index in [4.69, 9.17) is 10.5 Å². The van der Waals surface area contributed by atoms with Crippen LogP contribution in [0.5, 0.6) is 5.75 Å². The summed E-state index contributed by atoms with van der Waals surface area (Å²) in [4.78, 5) is 26.2. The Labute approximate surface area is 242 Å². The Morgan fingerprint density at radius 2 is 1.68 bits per heavy atom. The maximum Gasteiger partial charge on any atom is 0.276 e. The van der Waals surface area contributed by atoms with Gasteiger partial charge in [-0.3, -0.25) is 14.3 Å². The molecule has 0 aliphatic carbocycles. The quantitative estimate of drug-likeness (QED) is 0.254. The van der Waals surface area contributed by atoms with Crippen molar-refractivity contribution in [2.45, 2.75) is 53.9 Å². The number of nitrogens with two attached hydrogens (primary N) is 2. The molecule has 2 amide bonds. The van der Waals surface area contributed by atoms with Gasteiger partial charge in [0.15, 0.2) is 17.3 Å². The predicted molar refractivity (Wildman–Crippen MR) is 161 cm³/mol. The van der Waals surface area contributed by atoms with Crippen molar-refractivity contribution in [2.24, 2.45) is 11.1 Å². The van der Waals surface area contributed by atoms with Gasteiger partial charge in [-0.1, -0.05) is 47.6 Å². The molecule has 0 unspecified atom stereocenters. The van der Waals surface area contributed by atoms with Crippen molar-refractivity contribution in [3.8, 4) is 5.75 Å². The summed E-state index contributed by atoms with van der Waals surface area (Å²) >= 11 is 0. The topological polar surface area (TPSA) is 171 Å². The van der Waals surface area contributed by atoms with Crippen molar-refractivity contribution in [1.29, 1.82) is 0 Å². The van der Waals surface area contributed by atoms with E-state index in [0.717, 1.165) is 17.4 Å². The molecule has 2 aromatic rings. The Hall–Kier alpha value is -3.97. The van der Waals surface area contributed by atoms with E-state index in [-0.39, 0.29) is 39.7 Å². The number of nitrogens with zero attached hydrogens (tertiary/aromatic N) is 1. The number of hydrogen-bond donors (Lipinski definition) is 6. The summed E-state index contributed by atoms with van der Waals surface area (Å²) in [5.41, 5.74) is 13.7. The fourth-order valence-corrected chi connectivity index (χ4v) is 4.61. The number of carbonyl (C=O) groups is 2. The number of ether oxygens (including phenoxy) is 1. The number of amides is 2. The summed E-state index contributed by atoms with van der Waals surface area (Å²) in [6, 6.07) is 8.58. The largest absolute Gasteiger partial charge is 0.492 e. The molecule has 41 heavy (non-hydrogen) atoms. The highest BCUT2D eigenvalue weighted by molar-refractivity contribution is 7.92. The van der Waals surface area contributed by atoms with Crippen molar-refractivity contribution < 1.29 is 28.3 Å². The zero-order valence-corrected chi connectivity index (χ0v) is 26.0. The van der Waals surface area contributed by atoms with Crippen LogP contribution in [0.4, 0.5) is 17.1 Å². The molecule has 2 aromatic carbocycles. The molecule has 13 heteroatoms. The summed E-state index contributed by atoms with van der Waals surface area (Å²) in [6.45, 7) is 14.3. The molecule has 1 heterocycles. The Balaban J connectivity index is 1.95. The Morgan fingerprint density at radius 1 is 1.05 bits per heavy atom. The third kappa shape index (κ3) is 7.82. The van der Waals surface area contributed by atoms with Gasteiger partial charge in [0, 0.05) is 12.1 Å². The van der Waals surface area contributed by atoms with Crippen molar-refractivity contribution in [3.63, 3.8) is 0 Å². The molecule has 0 fully saturated rings. The van der Waals surface area contributed by atoms with Gasteiger partial charge in [-0.2, -0.15) is 5.01 Å². The van der Waals surface area contributed by atoms with Crippen molar-refractivity contribution in [1.82, 2.24) is 10.7 Å². The molecule has 12 nitrogen and oxygen atoms in total. The average molecular weight is 589 g/mol. The van der Waals surface area contributed by atoms with Crippen LogP contribution in [0.1, 0.15) is 63.0 Å². The molecule has 3 rings (SSSR count). The maximum absolute atomic E-state index is 13.5. The number of anilines is 3. The smallest absolute Gasteiger partial charge is 0.276 e. The van der Waals surface area contributed by atoms with E-state index >= 15 is 0 Å². The van der Waals surface area contributed by atoms with Gasteiger partial charge in [0.25, 0.3) is 11.8 Å². The number of methoxy groups -OCH3 is 1. The number of aryl methyl sites for hydroxylation is 1. The summed E-state index contributed by atoms with van der Waals surface area (Å²) in [5, 5.41) is 7.37.